The molecule has 41 heavy (non-hydrogen) atoms. The standard InChI is InChI=1S/C26H37F2N9O4/c1-6-40-21-14-30-19(13-31-21)33-23(38)36(5)18-15-37(12-9-26(18,27)28)22-29-10-7-20(34-22)41-24(39)32-17-8-11-35(4)16-25(17,2)3/h7,10,13-14,17-18H,6,8-9,11-12,15-16H2,1-5H3,(H,32,39)(H,30,33,38)/t17-,18-/m0/s1. The number of carbonyl (C=O) groups is 2. The summed E-state index contributed by atoms with van der Waals surface area (Å²) in [5, 5.41) is 5.40. The van der Waals surface area contributed by atoms with Gasteiger partial charge in [-0.1, -0.05) is 13.8 Å². The summed E-state index contributed by atoms with van der Waals surface area (Å²) in [6, 6.07) is -0.916. The molecule has 0 radical (unpaired) electrons. The van der Waals surface area contributed by atoms with Crippen LogP contribution in [0.4, 0.5) is 30.1 Å². The highest BCUT2D eigenvalue weighted by molar-refractivity contribution is 5.88. The van der Waals surface area contributed by atoms with E-state index in [2.05, 4.69) is 49.3 Å². The number of nitrogens with one attached hydrogen (secondary N) is 2. The number of anilines is 2. The first-order chi connectivity index (χ1) is 19.4. The molecule has 2 saturated heterocycles. The number of aromatic nitrogens is 4. The fourth-order valence-corrected chi connectivity index (χ4v) is 5.12. The topological polar surface area (TPSA) is 138 Å². The third-order valence-corrected chi connectivity index (χ3v) is 7.35. The molecule has 4 heterocycles. The van der Waals surface area contributed by atoms with Crippen LogP contribution < -0.4 is 25.0 Å². The summed E-state index contributed by atoms with van der Waals surface area (Å²) in [6.45, 7) is 7.75. The number of hydrogen-bond acceptors (Lipinski definition) is 10. The molecule has 0 bridgehead atoms. The molecular formula is C26H37F2N9O4. The van der Waals surface area contributed by atoms with Crippen LogP contribution in [0.1, 0.15) is 33.6 Å². The van der Waals surface area contributed by atoms with Crippen molar-refractivity contribution in [3.8, 4) is 11.8 Å². The van der Waals surface area contributed by atoms with Crippen molar-refractivity contribution in [2.45, 2.75) is 51.6 Å². The Morgan fingerprint density at radius 3 is 2.63 bits per heavy atom. The van der Waals surface area contributed by atoms with E-state index in [1.54, 1.807) is 6.92 Å². The average molecular weight is 578 g/mol. The van der Waals surface area contributed by atoms with Crippen molar-refractivity contribution >= 4 is 23.9 Å². The third-order valence-electron chi connectivity index (χ3n) is 7.35. The molecule has 2 N–H and O–H groups in total. The second-order valence-electron chi connectivity index (χ2n) is 11.0. The Kier molecular flexibility index (Phi) is 9.05. The number of halogens is 2. The number of piperidine rings is 2. The number of nitrogens with zero attached hydrogens (tertiary/aromatic N) is 7. The molecule has 0 spiro atoms. The summed E-state index contributed by atoms with van der Waals surface area (Å²) >= 11 is 0. The van der Waals surface area contributed by atoms with Gasteiger partial charge in [0, 0.05) is 51.4 Å². The predicted octanol–water partition coefficient (Wildman–Crippen LogP) is 2.86. The summed E-state index contributed by atoms with van der Waals surface area (Å²) < 4.78 is 40.6. The lowest BCUT2D eigenvalue weighted by Gasteiger charge is -2.42. The molecule has 2 aliphatic rings. The van der Waals surface area contributed by atoms with Crippen molar-refractivity contribution in [2.24, 2.45) is 5.41 Å². The number of likely N-dealkylation sites (tertiary alicyclic amines) is 1. The van der Waals surface area contributed by atoms with E-state index >= 15 is 0 Å². The van der Waals surface area contributed by atoms with Gasteiger partial charge in [0.25, 0.3) is 5.92 Å². The number of hydrogen-bond donors (Lipinski definition) is 2. The molecule has 2 aliphatic heterocycles. The van der Waals surface area contributed by atoms with Gasteiger partial charge in [-0.2, -0.15) is 4.98 Å². The van der Waals surface area contributed by atoms with Gasteiger partial charge in [0.1, 0.15) is 6.04 Å². The average Bonchev–Trinajstić information content (AvgIpc) is 2.91. The van der Waals surface area contributed by atoms with Crippen molar-refractivity contribution in [3.63, 3.8) is 0 Å². The van der Waals surface area contributed by atoms with Crippen LogP contribution in [0.25, 0.3) is 0 Å². The number of alkyl halides is 2. The highest BCUT2D eigenvalue weighted by Crippen LogP contribution is 2.33. The minimum Gasteiger partial charge on any atom is -0.477 e. The van der Waals surface area contributed by atoms with Gasteiger partial charge in [-0.15, -0.1) is 0 Å². The Bertz CT molecular complexity index is 1220. The first-order valence-electron chi connectivity index (χ1n) is 13.5. The molecule has 2 fully saturated rings. The zero-order valence-corrected chi connectivity index (χ0v) is 23.9. The second-order valence-corrected chi connectivity index (χ2v) is 11.0. The minimum atomic E-state index is -3.16. The maximum atomic E-state index is 15.0. The van der Waals surface area contributed by atoms with Crippen LogP contribution in [0.3, 0.4) is 0 Å². The predicted molar refractivity (Wildman–Crippen MR) is 146 cm³/mol. The summed E-state index contributed by atoms with van der Waals surface area (Å²) in [6.07, 6.45) is 3.62. The highest BCUT2D eigenvalue weighted by atomic mass is 19.3. The second kappa shape index (κ2) is 12.3. The van der Waals surface area contributed by atoms with E-state index in [4.69, 9.17) is 9.47 Å². The molecule has 13 nitrogen and oxygen atoms in total. The Morgan fingerprint density at radius 1 is 1.17 bits per heavy atom. The molecule has 4 rings (SSSR count). The van der Waals surface area contributed by atoms with E-state index in [9.17, 15) is 18.4 Å². The van der Waals surface area contributed by atoms with Crippen LogP contribution in [0.2, 0.25) is 0 Å². The van der Waals surface area contributed by atoms with Gasteiger partial charge < -0.3 is 29.5 Å². The summed E-state index contributed by atoms with van der Waals surface area (Å²) in [4.78, 5) is 46.7. The van der Waals surface area contributed by atoms with Crippen LogP contribution in [0.15, 0.2) is 24.7 Å². The van der Waals surface area contributed by atoms with E-state index in [0.29, 0.717) is 6.61 Å². The lowest BCUT2D eigenvalue weighted by molar-refractivity contribution is -0.0760. The molecule has 2 aromatic rings. The van der Waals surface area contributed by atoms with Crippen molar-refractivity contribution in [3.05, 3.63) is 24.7 Å². The summed E-state index contributed by atoms with van der Waals surface area (Å²) in [5.74, 6) is -2.69. The van der Waals surface area contributed by atoms with Gasteiger partial charge in [-0.05, 0) is 32.4 Å². The molecule has 0 aliphatic carbocycles. The molecule has 2 aromatic heterocycles. The number of amides is 3. The van der Waals surface area contributed by atoms with Crippen molar-refractivity contribution in [1.82, 2.24) is 35.1 Å². The van der Waals surface area contributed by atoms with E-state index in [1.165, 1.54) is 36.6 Å². The monoisotopic (exact) mass is 577 g/mol. The zero-order valence-electron chi connectivity index (χ0n) is 23.9. The molecule has 0 saturated carbocycles. The normalized spacial score (nSPS) is 22.0. The van der Waals surface area contributed by atoms with Crippen LogP contribution in [0.5, 0.6) is 11.8 Å². The molecule has 0 aromatic carbocycles. The molecule has 224 valence electrons. The Morgan fingerprint density at radius 2 is 1.95 bits per heavy atom. The summed E-state index contributed by atoms with van der Waals surface area (Å²) in [7, 11) is 3.33. The Hall–Kier alpha value is -3.88. The minimum absolute atomic E-state index is 0.00714. The quantitative estimate of drug-likeness (QED) is 0.505. The van der Waals surface area contributed by atoms with Crippen molar-refractivity contribution in [1.29, 1.82) is 0 Å². The van der Waals surface area contributed by atoms with E-state index in [-0.39, 0.29) is 48.1 Å². The Balaban J connectivity index is 1.39. The molecule has 3 amide bonds. The van der Waals surface area contributed by atoms with Gasteiger partial charge in [0.15, 0.2) is 5.82 Å². The fraction of sp³-hybridized carbons (Fsp3) is 0.615. The Labute approximate surface area is 237 Å². The third kappa shape index (κ3) is 7.45. The van der Waals surface area contributed by atoms with Gasteiger partial charge in [-0.3, -0.25) is 5.32 Å². The zero-order chi connectivity index (χ0) is 29.8. The van der Waals surface area contributed by atoms with Gasteiger partial charge in [-0.25, -0.2) is 33.3 Å². The highest BCUT2D eigenvalue weighted by Gasteiger charge is 2.48. The van der Waals surface area contributed by atoms with Gasteiger partial charge in [0.2, 0.25) is 17.7 Å². The number of carbonyl (C=O) groups excluding carboxylic acids is 2. The SMILES string of the molecule is CCOc1cnc(NC(=O)N(C)[C@H]2CN(c3nccc(OC(=O)N[C@H]4CCN(C)CC4(C)C)n3)CCC2(F)F)cn1. The smallest absolute Gasteiger partial charge is 0.414 e. The molecule has 15 heteroatoms. The number of likely N-dealkylation sites (N-methyl/N-ethyl adjacent to an activating group) is 1. The number of ether oxygens (including phenoxy) is 2. The number of rotatable bonds is 7. The van der Waals surface area contributed by atoms with Crippen LogP contribution in [-0.2, 0) is 0 Å². The van der Waals surface area contributed by atoms with Crippen LogP contribution >= 0.6 is 0 Å². The van der Waals surface area contributed by atoms with E-state index in [1.807, 2.05) is 7.05 Å². The molecule has 2 atom stereocenters. The lowest BCUT2D eigenvalue weighted by Crippen LogP contribution is -2.60. The van der Waals surface area contributed by atoms with Gasteiger partial charge >= 0.3 is 12.1 Å². The molecular weight excluding hydrogens is 540 g/mol. The van der Waals surface area contributed by atoms with Crippen molar-refractivity contribution in [2.75, 3.05) is 57.1 Å². The van der Waals surface area contributed by atoms with Gasteiger partial charge in [0.05, 0.1) is 19.0 Å². The maximum Gasteiger partial charge on any atom is 0.414 e. The first kappa shape index (κ1) is 30.1. The lowest BCUT2D eigenvalue weighted by atomic mass is 9.79. The molecule has 0 unspecified atom stereocenters. The van der Waals surface area contributed by atoms with E-state index < -0.39 is 30.5 Å². The maximum absolute atomic E-state index is 15.0. The fourth-order valence-electron chi connectivity index (χ4n) is 5.12. The number of urea groups is 1. The first-order valence-corrected chi connectivity index (χ1v) is 13.5. The van der Waals surface area contributed by atoms with Crippen molar-refractivity contribution < 1.29 is 27.8 Å². The van der Waals surface area contributed by atoms with Crippen LogP contribution in [-0.4, -0.2) is 107 Å². The van der Waals surface area contributed by atoms with E-state index in [0.717, 1.165) is 24.4 Å². The largest absolute Gasteiger partial charge is 0.477 e. The van der Waals surface area contributed by atoms with Crippen LogP contribution in [0, 0.1) is 5.41 Å². The summed E-state index contributed by atoms with van der Waals surface area (Å²) in [5.41, 5.74) is -0.144.